The Bertz CT molecular complexity index is 832. The van der Waals surface area contributed by atoms with Gasteiger partial charge >= 0.3 is 160 Å². The van der Waals surface area contributed by atoms with E-state index in [9.17, 15) is 4.79 Å². The van der Waals surface area contributed by atoms with E-state index in [-0.39, 0.29) is 20.4 Å². The fourth-order valence-corrected chi connectivity index (χ4v) is 10.4. The summed E-state index contributed by atoms with van der Waals surface area (Å²) >= 11 is 0.148. The van der Waals surface area contributed by atoms with Crippen molar-refractivity contribution in [2.75, 3.05) is 0 Å². The molecule has 5 rings (SSSR count). The molecule has 0 spiro atoms. The van der Waals surface area contributed by atoms with E-state index in [1.54, 1.807) is 0 Å². The number of allylic oxidation sites excluding steroid dienone is 1. The van der Waals surface area contributed by atoms with Crippen LogP contribution in [0.1, 0.15) is 85.5 Å². The molecule has 0 bridgehead atoms. The molecule has 0 N–H and O–H groups in total. The quantitative estimate of drug-likeness (QED) is 0.423. The van der Waals surface area contributed by atoms with Gasteiger partial charge in [0.25, 0.3) is 0 Å². The van der Waals surface area contributed by atoms with Gasteiger partial charge in [-0.25, -0.2) is 0 Å². The summed E-state index contributed by atoms with van der Waals surface area (Å²) in [5, 5.41) is 9.98. The summed E-state index contributed by atoms with van der Waals surface area (Å²) in [6, 6.07) is 0. The molecule has 0 aromatic rings. The predicted molar refractivity (Wildman–Crippen MR) is 128 cm³/mol. The third-order valence-corrected chi connectivity index (χ3v) is 12.7. The van der Waals surface area contributed by atoms with Crippen molar-refractivity contribution in [3.8, 4) is 4.97 Å². The number of carbonyl (C=O) groups is 1. The summed E-state index contributed by atoms with van der Waals surface area (Å²) in [5.41, 5.74) is 2.18. The average Bonchev–Trinajstić information content (AvgIpc) is 3.24. The predicted octanol–water partition coefficient (Wildman–Crippen LogP) is 6.17. The molecule has 3 nitrogen and oxygen atoms in total. The molecule has 4 aliphatic carbocycles. The Kier molecular flexibility index (Phi) is 6.18. The Labute approximate surface area is 201 Å². The van der Waals surface area contributed by atoms with E-state index >= 15 is 0 Å². The molecule has 1 heterocycles. The van der Waals surface area contributed by atoms with Crippen LogP contribution in [0.2, 0.25) is 5.32 Å². The Morgan fingerprint density at radius 2 is 2.06 bits per heavy atom. The molecule has 4 fully saturated rings. The Morgan fingerprint density at radius 3 is 2.84 bits per heavy atom. The van der Waals surface area contributed by atoms with Crippen molar-refractivity contribution in [3.05, 3.63) is 11.6 Å². The van der Waals surface area contributed by atoms with Gasteiger partial charge in [0.2, 0.25) is 0 Å². The van der Waals surface area contributed by atoms with Crippen LogP contribution in [0.25, 0.3) is 0 Å². The second kappa shape index (κ2) is 8.55. The molecular formula is C28H41NO2Se. The fraction of sp³-hybridized carbons (Fsp3) is 0.857. The van der Waals surface area contributed by atoms with Gasteiger partial charge in [-0.2, -0.15) is 0 Å². The molecule has 10 atom stereocenters. The number of ketones is 1. The second-order valence-electron chi connectivity index (χ2n) is 12.4. The van der Waals surface area contributed by atoms with Crippen LogP contribution in [-0.2, 0) is 9.53 Å². The molecule has 2 unspecified atom stereocenters. The zero-order valence-corrected chi connectivity index (χ0v) is 22.2. The van der Waals surface area contributed by atoms with Gasteiger partial charge in [0.1, 0.15) is 0 Å². The van der Waals surface area contributed by atoms with Crippen LogP contribution in [0.3, 0.4) is 0 Å². The first-order valence-electron chi connectivity index (χ1n) is 13.2. The number of carbonyl (C=O) groups excluding carboxylic acids is 1. The first-order chi connectivity index (χ1) is 15.3. The van der Waals surface area contributed by atoms with Crippen LogP contribution in [0, 0.1) is 56.6 Å². The minimum atomic E-state index is 0.148. The molecule has 1 saturated heterocycles. The number of fused-ring (bicyclic) bond motifs is 7. The molecular weight excluding hydrogens is 461 g/mol. The van der Waals surface area contributed by atoms with Crippen molar-refractivity contribution in [3.63, 3.8) is 0 Å². The number of rotatable bonds is 5. The number of nitriles is 1. The van der Waals surface area contributed by atoms with Crippen LogP contribution in [0.5, 0.6) is 0 Å². The maximum absolute atomic E-state index is 12.1. The number of hydrogen-bond donors (Lipinski definition) is 0. The van der Waals surface area contributed by atoms with Gasteiger partial charge in [0.05, 0.1) is 0 Å². The average molecular weight is 503 g/mol. The topological polar surface area (TPSA) is 50.1 Å². The SMILES string of the molecule is CC(CCC1O[C@H]2C[C@H]3[C@@H]4CCC5=CC(=O)CC[C@]5(C)[C@H]4CC[C@]3(C)[C@H]2[C@@H]1C)C[Se]C#N. The molecule has 0 radical (unpaired) electrons. The molecule has 4 heteroatoms. The van der Waals surface area contributed by atoms with E-state index < -0.39 is 0 Å². The summed E-state index contributed by atoms with van der Waals surface area (Å²) < 4.78 is 6.82. The van der Waals surface area contributed by atoms with Gasteiger partial charge < -0.3 is 0 Å². The summed E-state index contributed by atoms with van der Waals surface area (Å²) in [4.78, 5) is 14.5. The summed E-state index contributed by atoms with van der Waals surface area (Å²) in [6.45, 7) is 9.90. The minimum absolute atomic E-state index is 0.148. The second-order valence-corrected chi connectivity index (χ2v) is 14.1. The molecule has 0 aromatic heterocycles. The molecule has 176 valence electrons. The zero-order valence-electron chi connectivity index (χ0n) is 20.4. The van der Waals surface area contributed by atoms with Crippen molar-refractivity contribution in [2.45, 2.75) is 103 Å². The number of nitrogens with zero attached hydrogens (tertiary/aromatic N) is 1. The first-order valence-corrected chi connectivity index (χ1v) is 15.2. The van der Waals surface area contributed by atoms with Crippen molar-refractivity contribution in [1.29, 1.82) is 5.26 Å². The van der Waals surface area contributed by atoms with E-state index in [2.05, 4.69) is 32.7 Å². The normalized spacial score (nSPS) is 48.2. The van der Waals surface area contributed by atoms with Gasteiger partial charge in [0.15, 0.2) is 5.78 Å². The van der Waals surface area contributed by atoms with E-state index in [0.29, 0.717) is 35.2 Å². The molecule has 0 amide bonds. The molecule has 1 aliphatic heterocycles. The third kappa shape index (κ3) is 3.57. The summed E-state index contributed by atoms with van der Waals surface area (Å²) in [6.07, 6.45) is 13.5. The van der Waals surface area contributed by atoms with Crippen molar-refractivity contribution in [2.24, 2.45) is 46.3 Å². The monoisotopic (exact) mass is 503 g/mol. The molecule has 32 heavy (non-hydrogen) atoms. The van der Waals surface area contributed by atoms with Crippen LogP contribution in [0.4, 0.5) is 0 Å². The van der Waals surface area contributed by atoms with Crippen LogP contribution < -0.4 is 0 Å². The molecule has 0 aromatic carbocycles. The van der Waals surface area contributed by atoms with E-state index in [1.165, 1.54) is 44.1 Å². The maximum atomic E-state index is 12.1. The standard InChI is InChI=1S/C28H41NO2Se/c1-17(15-32-16-29)5-8-24-18(2)26-25(31-24)14-23-21-7-6-19-13-20(30)9-11-27(19,3)22(21)10-12-28(23,26)4/h13,17-18,21-26H,5-12,14-15H2,1-4H3/t17?,18-,21-,22+,23+,24?,25+,26+,27+,28+/m1/s1. The van der Waals surface area contributed by atoms with Gasteiger partial charge in [-0.1, -0.05) is 12.5 Å². The van der Waals surface area contributed by atoms with Crippen LogP contribution in [-0.4, -0.2) is 32.9 Å². The summed E-state index contributed by atoms with van der Waals surface area (Å²) in [7, 11) is 0. The van der Waals surface area contributed by atoms with E-state index in [4.69, 9.17) is 10.00 Å². The van der Waals surface area contributed by atoms with Gasteiger partial charge in [-0.15, -0.1) is 0 Å². The Morgan fingerprint density at radius 1 is 1.25 bits per heavy atom. The van der Waals surface area contributed by atoms with Gasteiger partial charge in [-0.3, -0.25) is 4.79 Å². The van der Waals surface area contributed by atoms with E-state index in [0.717, 1.165) is 48.3 Å². The van der Waals surface area contributed by atoms with Crippen LogP contribution >= 0.6 is 0 Å². The molecule has 5 aliphatic rings. The third-order valence-electron chi connectivity index (χ3n) is 10.9. The Hall–Kier alpha value is -0.621. The van der Waals surface area contributed by atoms with E-state index in [1.807, 2.05) is 6.08 Å². The van der Waals surface area contributed by atoms with Crippen molar-refractivity contribution in [1.82, 2.24) is 0 Å². The zero-order chi connectivity index (χ0) is 22.7. The van der Waals surface area contributed by atoms with Crippen molar-refractivity contribution < 1.29 is 9.53 Å². The number of ether oxygens (including phenoxy) is 1. The van der Waals surface area contributed by atoms with Gasteiger partial charge in [0, 0.05) is 6.42 Å². The summed E-state index contributed by atoms with van der Waals surface area (Å²) in [5.74, 6) is 4.77. The fourth-order valence-electron chi connectivity index (χ4n) is 9.29. The van der Waals surface area contributed by atoms with Crippen molar-refractivity contribution >= 4 is 20.7 Å². The first kappa shape index (κ1) is 23.1. The van der Waals surface area contributed by atoms with Gasteiger partial charge in [-0.05, 0) is 12.5 Å². The number of hydrogen-bond acceptors (Lipinski definition) is 3. The molecule has 3 saturated carbocycles. The Balaban J connectivity index is 1.29. The van der Waals surface area contributed by atoms with Crippen LogP contribution in [0.15, 0.2) is 11.6 Å².